The number of nitriles is 1. The lowest BCUT2D eigenvalue weighted by Gasteiger charge is -1.90. The van der Waals surface area contributed by atoms with Crippen LogP contribution < -0.4 is 0 Å². The fraction of sp³-hybridized carbons (Fsp3) is 0.444. The fourth-order valence-corrected chi connectivity index (χ4v) is 0.620. The van der Waals surface area contributed by atoms with Gasteiger partial charge >= 0.3 is 0 Å². The molecule has 0 saturated heterocycles. The van der Waals surface area contributed by atoms with Gasteiger partial charge in [-0.05, 0) is 18.4 Å². The van der Waals surface area contributed by atoms with Crippen LogP contribution in [0.4, 0.5) is 0 Å². The first kappa shape index (κ1) is 8.97. The monoisotopic (exact) mass is 135 g/mol. The standard InChI is InChI=1S/C9H13N/c1-3-5-6-9(4-2)7-8-10/h5-7H,3-4H2,1-2H3/b6-5+,9-7+. The molecule has 0 unspecified atom stereocenters. The molecule has 0 bridgehead atoms. The van der Waals surface area contributed by atoms with E-state index in [1.54, 1.807) is 6.08 Å². The Balaban J connectivity index is 3.98. The highest BCUT2D eigenvalue weighted by molar-refractivity contribution is 5.24. The van der Waals surface area contributed by atoms with Crippen LogP contribution in [0.25, 0.3) is 0 Å². The highest BCUT2D eigenvalue weighted by Crippen LogP contribution is 2.01. The molecule has 54 valence electrons. The van der Waals surface area contributed by atoms with Crippen molar-refractivity contribution in [3.8, 4) is 6.07 Å². The highest BCUT2D eigenvalue weighted by Gasteiger charge is 1.83. The molecule has 0 aliphatic carbocycles. The van der Waals surface area contributed by atoms with Crippen LogP contribution in [0, 0.1) is 11.3 Å². The van der Waals surface area contributed by atoms with Crippen LogP contribution in [-0.4, -0.2) is 0 Å². The second-order valence-corrected chi connectivity index (χ2v) is 2.01. The van der Waals surface area contributed by atoms with Crippen molar-refractivity contribution in [2.75, 3.05) is 0 Å². The SMILES string of the molecule is CC/C=C/C(=C/C#N)CC. The first-order chi connectivity index (χ1) is 4.85. The van der Waals surface area contributed by atoms with E-state index in [1.165, 1.54) is 0 Å². The van der Waals surface area contributed by atoms with Crippen molar-refractivity contribution in [1.29, 1.82) is 5.26 Å². The van der Waals surface area contributed by atoms with Crippen molar-refractivity contribution < 1.29 is 0 Å². The van der Waals surface area contributed by atoms with E-state index in [4.69, 9.17) is 5.26 Å². The minimum Gasteiger partial charge on any atom is -0.193 e. The van der Waals surface area contributed by atoms with Gasteiger partial charge < -0.3 is 0 Å². The Morgan fingerprint density at radius 1 is 1.50 bits per heavy atom. The molecular formula is C9H13N. The van der Waals surface area contributed by atoms with Crippen molar-refractivity contribution in [1.82, 2.24) is 0 Å². The van der Waals surface area contributed by atoms with E-state index in [1.807, 2.05) is 19.1 Å². The Labute approximate surface area is 62.7 Å². The highest BCUT2D eigenvalue weighted by atomic mass is 14.2. The summed E-state index contributed by atoms with van der Waals surface area (Å²) in [5.41, 5.74) is 1.10. The third-order valence-electron chi connectivity index (χ3n) is 1.23. The summed E-state index contributed by atoms with van der Waals surface area (Å²) in [4.78, 5) is 0. The maximum atomic E-state index is 8.31. The largest absolute Gasteiger partial charge is 0.193 e. The van der Waals surface area contributed by atoms with Crippen LogP contribution in [0.15, 0.2) is 23.8 Å². The van der Waals surface area contributed by atoms with Crippen LogP contribution in [0.2, 0.25) is 0 Å². The van der Waals surface area contributed by atoms with Crippen molar-refractivity contribution in [3.63, 3.8) is 0 Å². The molecule has 0 aliphatic rings. The second-order valence-electron chi connectivity index (χ2n) is 2.01. The van der Waals surface area contributed by atoms with Crippen LogP contribution >= 0.6 is 0 Å². The van der Waals surface area contributed by atoms with Crippen molar-refractivity contribution in [3.05, 3.63) is 23.8 Å². The van der Waals surface area contributed by atoms with Gasteiger partial charge in [0.25, 0.3) is 0 Å². The zero-order chi connectivity index (χ0) is 7.82. The Morgan fingerprint density at radius 2 is 2.20 bits per heavy atom. The van der Waals surface area contributed by atoms with Gasteiger partial charge in [-0.25, -0.2) is 0 Å². The van der Waals surface area contributed by atoms with Gasteiger partial charge in [0.15, 0.2) is 0 Å². The average molecular weight is 135 g/mol. The smallest absolute Gasteiger partial charge is 0.0914 e. The van der Waals surface area contributed by atoms with Crippen LogP contribution in [0.1, 0.15) is 26.7 Å². The van der Waals surface area contributed by atoms with Gasteiger partial charge in [-0.15, -0.1) is 0 Å². The lowest BCUT2D eigenvalue weighted by Crippen LogP contribution is -1.71. The summed E-state index contributed by atoms with van der Waals surface area (Å²) in [6, 6.07) is 2.01. The van der Waals surface area contributed by atoms with Crippen molar-refractivity contribution in [2.45, 2.75) is 26.7 Å². The maximum Gasteiger partial charge on any atom is 0.0914 e. The molecule has 0 atom stereocenters. The van der Waals surface area contributed by atoms with Crippen molar-refractivity contribution >= 4 is 0 Å². The Bertz CT molecular complexity index is 170. The summed E-state index contributed by atoms with van der Waals surface area (Å²) >= 11 is 0. The zero-order valence-corrected chi connectivity index (χ0v) is 6.59. The van der Waals surface area contributed by atoms with Crippen molar-refractivity contribution in [2.24, 2.45) is 0 Å². The van der Waals surface area contributed by atoms with Gasteiger partial charge in [-0.2, -0.15) is 5.26 Å². The molecule has 0 aromatic rings. The molecule has 0 spiro atoms. The number of nitrogens with zero attached hydrogens (tertiary/aromatic N) is 1. The first-order valence-corrected chi connectivity index (χ1v) is 3.60. The molecule has 10 heavy (non-hydrogen) atoms. The molecule has 0 aliphatic heterocycles. The molecule has 1 nitrogen and oxygen atoms in total. The maximum absolute atomic E-state index is 8.31. The van der Waals surface area contributed by atoms with Crippen LogP contribution in [0.3, 0.4) is 0 Å². The normalized spacial score (nSPS) is 11.9. The number of hydrogen-bond acceptors (Lipinski definition) is 1. The summed E-state index contributed by atoms with van der Waals surface area (Å²) < 4.78 is 0. The molecule has 0 aromatic carbocycles. The number of allylic oxidation sites excluding steroid dienone is 4. The predicted octanol–water partition coefficient (Wildman–Crippen LogP) is 2.81. The van der Waals surface area contributed by atoms with E-state index in [9.17, 15) is 0 Å². The molecular weight excluding hydrogens is 122 g/mol. The third-order valence-corrected chi connectivity index (χ3v) is 1.23. The number of hydrogen-bond donors (Lipinski definition) is 0. The quantitative estimate of drug-likeness (QED) is 0.431. The lowest BCUT2D eigenvalue weighted by molar-refractivity contribution is 1.13. The van der Waals surface area contributed by atoms with E-state index in [-0.39, 0.29) is 0 Å². The minimum absolute atomic E-state index is 0.935. The van der Waals surface area contributed by atoms with E-state index in [0.717, 1.165) is 18.4 Å². The Morgan fingerprint density at radius 3 is 2.60 bits per heavy atom. The van der Waals surface area contributed by atoms with E-state index < -0.39 is 0 Å². The third kappa shape index (κ3) is 3.91. The van der Waals surface area contributed by atoms with Gasteiger partial charge in [-0.3, -0.25) is 0 Å². The lowest BCUT2D eigenvalue weighted by atomic mass is 10.2. The van der Waals surface area contributed by atoms with Gasteiger partial charge in [0.1, 0.15) is 0 Å². The van der Waals surface area contributed by atoms with Gasteiger partial charge in [0.05, 0.1) is 6.07 Å². The summed E-state index contributed by atoms with van der Waals surface area (Å²) in [6.07, 6.45) is 7.62. The van der Waals surface area contributed by atoms with Gasteiger partial charge in [-0.1, -0.05) is 26.0 Å². The molecule has 0 aromatic heterocycles. The Hall–Kier alpha value is -1.03. The summed E-state index contributed by atoms with van der Waals surface area (Å²) in [7, 11) is 0. The van der Waals surface area contributed by atoms with E-state index in [2.05, 4.69) is 13.0 Å². The predicted molar refractivity (Wildman–Crippen MR) is 43.4 cm³/mol. The topological polar surface area (TPSA) is 23.8 Å². The molecule has 1 heteroatoms. The number of rotatable bonds is 3. The van der Waals surface area contributed by atoms with Crippen LogP contribution in [-0.2, 0) is 0 Å². The summed E-state index contributed by atoms with van der Waals surface area (Å²) in [5, 5.41) is 8.31. The minimum atomic E-state index is 0.935. The molecule has 0 rings (SSSR count). The molecule has 0 heterocycles. The summed E-state index contributed by atoms with van der Waals surface area (Å²) in [5.74, 6) is 0. The molecule has 0 radical (unpaired) electrons. The van der Waals surface area contributed by atoms with Crippen LogP contribution in [0.5, 0.6) is 0 Å². The molecule has 0 amide bonds. The average Bonchev–Trinajstić information content (AvgIpc) is 1.98. The first-order valence-electron chi connectivity index (χ1n) is 3.60. The van der Waals surface area contributed by atoms with E-state index in [0.29, 0.717) is 0 Å². The zero-order valence-electron chi connectivity index (χ0n) is 6.59. The molecule has 0 saturated carbocycles. The van der Waals surface area contributed by atoms with E-state index >= 15 is 0 Å². The van der Waals surface area contributed by atoms with Gasteiger partial charge in [0, 0.05) is 6.08 Å². The summed E-state index contributed by atoms with van der Waals surface area (Å²) in [6.45, 7) is 4.12. The second kappa shape index (κ2) is 6.10. The van der Waals surface area contributed by atoms with Gasteiger partial charge in [0.2, 0.25) is 0 Å². The molecule has 0 fully saturated rings. The molecule has 0 N–H and O–H groups in total. The Kier molecular flexibility index (Phi) is 5.47. The fourth-order valence-electron chi connectivity index (χ4n) is 0.620.